The van der Waals surface area contributed by atoms with Crippen molar-refractivity contribution in [3.63, 3.8) is 0 Å². The van der Waals surface area contributed by atoms with Gasteiger partial charge in [0.2, 0.25) is 5.91 Å². The summed E-state index contributed by atoms with van der Waals surface area (Å²) >= 11 is 11.8. The first-order valence-electron chi connectivity index (χ1n) is 6.52. The quantitative estimate of drug-likeness (QED) is 0.859. The average Bonchev–Trinajstić information content (AvgIpc) is 2.41. The number of amides is 1. The van der Waals surface area contributed by atoms with Crippen LogP contribution in [0.3, 0.4) is 0 Å². The van der Waals surface area contributed by atoms with Crippen molar-refractivity contribution in [3.8, 4) is 0 Å². The highest BCUT2D eigenvalue weighted by Gasteiger charge is 2.06. The van der Waals surface area contributed by atoms with Gasteiger partial charge in [-0.05, 0) is 49.2 Å². The van der Waals surface area contributed by atoms with Gasteiger partial charge in [-0.1, -0.05) is 35.3 Å². The number of hydrogen-bond donors (Lipinski definition) is 2. The fourth-order valence-corrected chi connectivity index (χ4v) is 2.45. The summed E-state index contributed by atoms with van der Waals surface area (Å²) in [6, 6.07) is 10.9. The lowest BCUT2D eigenvalue weighted by Crippen LogP contribution is -2.22. The highest BCUT2D eigenvalue weighted by Crippen LogP contribution is 2.22. The average molecular weight is 323 g/mol. The van der Waals surface area contributed by atoms with Gasteiger partial charge in [-0.15, -0.1) is 0 Å². The summed E-state index contributed by atoms with van der Waals surface area (Å²) < 4.78 is 0. The number of rotatable bonds is 4. The van der Waals surface area contributed by atoms with Crippen LogP contribution in [0.2, 0.25) is 10.0 Å². The summed E-state index contributed by atoms with van der Waals surface area (Å²) in [4.78, 5) is 12.0. The molecule has 0 unspecified atom stereocenters. The molecule has 0 aliphatic heterocycles. The number of hydrogen-bond acceptors (Lipinski definition) is 2. The van der Waals surface area contributed by atoms with E-state index in [-0.39, 0.29) is 12.5 Å². The molecule has 2 aromatic carbocycles. The second kappa shape index (κ2) is 6.83. The molecule has 0 spiro atoms. The molecule has 0 radical (unpaired) electrons. The Labute approximate surface area is 134 Å². The van der Waals surface area contributed by atoms with Gasteiger partial charge in [0.1, 0.15) is 0 Å². The molecule has 21 heavy (non-hydrogen) atoms. The van der Waals surface area contributed by atoms with Crippen molar-refractivity contribution in [2.24, 2.45) is 0 Å². The topological polar surface area (TPSA) is 41.1 Å². The van der Waals surface area contributed by atoms with Gasteiger partial charge in [-0.25, -0.2) is 0 Å². The Morgan fingerprint density at radius 3 is 2.43 bits per heavy atom. The Morgan fingerprint density at radius 2 is 1.76 bits per heavy atom. The van der Waals surface area contributed by atoms with Gasteiger partial charge in [-0.2, -0.15) is 0 Å². The Morgan fingerprint density at radius 1 is 1.10 bits per heavy atom. The first-order valence-corrected chi connectivity index (χ1v) is 7.27. The van der Waals surface area contributed by atoms with E-state index >= 15 is 0 Å². The van der Waals surface area contributed by atoms with Crippen LogP contribution >= 0.6 is 23.2 Å². The molecule has 5 heteroatoms. The molecule has 0 atom stereocenters. The van der Waals surface area contributed by atoms with E-state index in [1.807, 2.05) is 32.0 Å². The van der Waals surface area contributed by atoms with Crippen LogP contribution in [0, 0.1) is 13.8 Å². The molecule has 1 amide bonds. The van der Waals surface area contributed by atoms with Crippen LogP contribution in [0.15, 0.2) is 36.4 Å². The van der Waals surface area contributed by atoms with Gasteiger partial charge in [0.05, 0.1) is 6.54 Å². The molecule has 0 saturated carbocycles. The minimum Gasteiger partial charge on any atom is -0.376 e. The molecule has 2 rings (SSSR count). The molecule has 0 aliphatic rings. The minimum absolute atomic E-state index is 0.125. The van der Waals surface area contributed by atoms with Crippen molar-refractivity contribution in [1.82, 2.24) is 0 Å². The van der Waals surface area contributed by atoms with Crippen molar-refractivity contribution in [3.05, 3.63) is 57.6 Å². The molecular formula is C16H16Cl2N2O. The van der Waals surface area contributed by atoms with Crippen molar-refractivity contribution in [2.75, 3.05) is 17.2 Å². The monoisotopic (exact) mass is 322 g/mol. The normalized spacial score (nSPS) is 10.3. The van der Waals surface area contributed by atoms with Gasteiger partial charge >= 0.3 is 0 Å². The fraction of sp³-hybridized carbons (Fsp3) is 0.188. The van der Waals surface area contributed by atoms with Crippen LogP contribution in [0.25, 0.3) is 0 Å². The second-order valence-corrected chi connectivity index (χ2v) is 5.68. The van der Waals surface area contributed by atoms with E-state index < -0.39 is 0 Å². The van der Waals surface area contributed by atoms with Gasteiger partial charge in [0, 0.05) is 21.4 Å². The molecule has 3 nitrogen and oxygen atoms in total. The summed E-state index contributed by atoms with van der Waals surface area (Å²) in [5.41, 5.74) is 3.74. The predicted octanol–water partition coefficient (Wildman–Crippen LogP) is 4.66. The van der Waals surface area contributed by atoms with Gasteiger partial charge in [0.25, 0.3) is 0 Å². The number of nitrogens with one attached hydrogen (secondary N) is 2. The fourth-order valence-electron chi connectivity index (χ4n) is 1.92. The summed E-state index contributed by atoms with van der Waals surface area (Å²) in [5, 5.41) is 6.94. The van der Waals surface area contributed by atoms with Gasteiger partial charge < -0.3 is 10.6 Å². The zero-order chi connectivity index (χ0) is 15.4. The van der Waals surface area contributed by atoms with E-state index in [2.05, 4.69) is 10.6 Å². The van der Waals surface area contributed by atoms with Crippen molar-refractivity contribution in [1.29, 1.82) is 0 Å². The Bertz CT molecular complexity index is 651. The van der Waals surface area contributed by atoms with E-state index in [4.69, 9.17) is 23.2 Å². The SMILES string of the molecule is Cc1cccc(NC(=O)CNc2cc(Cl)cc(Cl)c2)c1C. The van der Waals surface area contributed by atoms with Crippen molar-refractivity contribution < 1.29 is 4.79 Å². The van der Waals surface area contributed by atoms with Crippen molar-refractivity contribution >= 4 is 40.5 Å². The molecule has 110 valence electrons. The summed E-state index contributed by atoms with van der Waals surface area (Å²) in [7, 11) is 0. The highest BCUT2D eigenvalue weighted by atomic mass is 35.5. The molecule has 0 bridgehead atoms. The van der Waals surface area contributed by atoms with E-state index in [9.17, 15) is 4.79 Å². The van der Waals surface area contributed by atoms with Crippen LogP contribution in [0.5, 0.6) is 0 Å². The lowest BCUT2D eigenvalue weighted by molar-refractivity contribution is -0.114. The second-order valence-electron chi connectivity index (χ2n) is 4.81. The van der Waals surface area contributed by atoms with Crippen LogP contribution in [0.4, 0.5) is 11.4 Å². The Balaban J connectivity index is 1.97. The lowest BCUT2D eigenvalue weighted by atomic mass is 10.1. The number of halogens is 2. The molecule has 0 aliphatic carbocycles. The highest BCUT2D eigenvalue weighted by molar-refractivity contribution is 6.35. The zero-order valence-corrected chi connectivity index (χ0v) is 13.3. The number of anilines is 2. The molecule has 2 aromatic rings. The van der Waals surface area contributed by atoms with Crippen LogP contribution < -0.4 is 10.6 Å². The largest absolute Gasteiger partial charge is 0.376 e. The number of benzene rings is 2. The molecular weight excluding hydrogens is 307 g/mol. The lowest BCUT2D eigenvalue weighted by Gasteiger charge is -2.11. The third kappa shape index (κ3) is 4.38. The summed E-state index contributed by atoms with van der Waals surface area (Å²) in [6.45, 7) is 4.14. The van der Waals surface area contributed by atoms with Gasteiger partial charge in [-0.3, -0.25) is 4.79 Å². The van der Waals surface area contributed by atoms with E-state index in [1.54, 1.807) is 18.2 Å². The maximum Gasteiger partial charge on any atom is 0.243 e. The van der Waals surface area contributed by atoms with Crippen molar-refractivity contribution in [2.45, 2.75) is 13.8 Å². The van der Waals surface area contributed by atoms with Crippen LogP contribution in [-0.2, 0) is 4.79 Å². The van der Waals surface area contributed by atoms with Gasteiger partial charge in [0.15, 0.2) is 0 Å². The maximum atomic E-state index is 12.0. The summed E-state index contributed by atoms with van der Waals surface area (Å²) in [6.07, 6.45) is 0. The minimum atomic E-state index is -0.125. The first-order chi connectivity index (χ1) is 9.95. The van der Waals surface area contributed by atoms with E-state index in [1.165, 1.54) is 0 Å². The molecule has 0 heterocycles. The van der Waals surface area contributed by atoms with Crippen LogP contribution in [-0.4, -0.2) is 12.5 Å². The molecule has 0 aromatic heterocycles. The third-order valence-corrected chi connectivity index (χ3v) is 3.63. The maximum absolute atomic E-state index is 12.0. The molecule has 0 fully saturated rings. The van der Waals surface area contributed by atoms with E-state index in [0.29, 0.717) is 15.7 Å². The first kappa shape index (κ1) is 15.7. The third-order valence-electron chi connectivity index (χ3n) is 3.19. The number of aryl methyl sites for hydroxylation is 1. The Kier molecular flexibility index (Phi) is 5.10. The summed E-state index contributed by atoms with van der Waals surface area (Å²) in [5.74, 6) is -0.125. The number of carbonyl (C=O) groups is 1. The predicted molar refractivity (Wildman–Crippen MR) is 89.5 cm³/mol. The molecule has 2 N–H and O–H groups in total. The zero-order valence-electron chi connectivity index (χ0n) is 11.8. The van der Waals surface area contributed by atoms with Crippen LogP contribution in [0.1, 0.15) is 11.1 Å². The number of carbonyl (C=O) groups excluding carboxylic acids is 1. The standard InChI is InChI=1S/C16H16Cl2N2O/c1-10-4-3-5-15(11(10)2)20-16(21)9-19-14-7-12(17)6-13(18)8-14/h3-8,19H,9H2,1-2H3,(H,20,21). The molecule has 0 saturated heterocycles. The van der Waals surface area contributed by atoms with E-state index in [0.717, 1.165) is 16.8 Å². The Hall–Kier alpha value is -1.71. The smallest absolute Gasteiger partial charge is 0.243 e.